The molecule has 6 heteroatoms. The third-order valence-electron chi connectivity index (χ3n) is 10.1. The summed E-state index contributed by atoms with van der Waals surface area (Å²) in [5, 5.41) is 0. The third-order valence-corrected chi connectivity index (χ3v) is 10.1. The van der Waals surface area contributed by atoms with E-state index in [2.05, 4.69) is 34.6 Å². The number of ether oxygens (including phenoxy) is 3. The second-order valence-corrected chi connectivity index (χ2v) is 15.7. The van der Waals surface area contributed by atoms with E-state index in [9.17, 15) is 14.4 Å². The molecule has 6 nitrogen and oxygen atoms in total. The van der Waals surface area contributed by atoms with E-state index in [0.717, 1.165) is 69.6 Å². The molecule has 0 N–H and O–H groups in total. The first kappa shape index (κ1) is 48.4. The summed E-state index contributed by atoms with van der Waals surface area (Å²) in [5.74, 6) is 0.705. The molecule has 0 amide bonds. The Morgan fingerprint density at radius 3 is 1.14 bits per heavy atom. The Morgan fingerprint density at radius 2 is 0.760 bits per heavy atom. The van der Waals surface area contributed by atoms with Gasteiger partial charge in [-0.2, -0.15) is 0 Å². The molecule has 0 aromatic heterocycles. The van der Waals surface area contributed by atoms with Crippen LogP contribution in [0.1, 0.15) is 234 Å². The highest BCUT2D eigenvalue weighted by Crippen LogP contribution is 2.16. The summed E-state index contributed by atoms with van der Waals surface area (Å²) >= 11 is 0. The minimum Gasteiger partial charge on any atom is -0.462 e. The maximum absolute atomic E-state index is 12.6. The fourth-order valence-corrected chi connectivity index (χ4v) is 6.37. The maximum atomic E-state index is 12.6. The number of hydrogen-bond donors (Lipinski definition) is 0. The van der Waals surface area contributed by atoms with E-state index in [0.29, 0.717) is 19.3 Å². The van der Waals surface area contributed by atoms with Crippen LogP contribution in [0, 0.1) is 11.8 Å². The Bertz CT molecular complexity index is 766. The molecule has 0 aliphatic heterocycles. The SMILES string of the molecule is CCCCCCCCCCCCCCCC(=O)OC[C@H](COC(=O)CCCCCCCCC(C)C)OC(=O)CCCCCCCCC(C)CC. The number of carbonyl (C=O) groups excluding carboxylic acids is 3. The van der Waals surface area contributed by atoms with Crippen molar-refractivity contribution in [3.8, 4) is 0 Å². The van der Waals surface area contributed by atoms with Gasteiger partial charge in [0.25, 0.3) is 0 Å². The number of rotatable bonds is 38. The molecule has 0 saturated carbocycles. The van der Waals surface area contributed by atoms with Crippen molar-refractivity contribution in [1.82, 2.24) is 0 Å². The number of esters is 3. The van der Waals surface area contributed by atoms with Crippen LogP contribution in [0.5, 0.6) is 0 Å². The van der Waals surface area contributed by atoms with E-state index < -0.39 is 6.10 Å². The molecule has 0 fully saturated rings. The van der Waals surface area contributed by atoms with Crippen LogP contribution in [0.4, 0.5) is 0 Å². The second-order valence-electron chi connectivity index (χ2n) is 15.7. The molecule has 0 spiro atoms. The molecule has 296 valence electrons. The lowest BCUT2D eigenvalue weighted by Gasteiger charge is -2.18. The van der Waals surface area contributed by atoms with Gasteiger partial charge in [-0.1, -0.05) is 195 Å². The van der Waals surface area contributed by atoms with Gasteiger partial charge in [-0.25, -0.2) is 0 Å². The Balaban J connectivity index is 4.33. The lowest BCUT2D eigenvalue weighted by molar-refractivity contribution is -0.167. The van der Waals surface area contributed by atoms with Crippen molar-refractivity contribution in [2.45, 2.75) is 240 Å². The maximum Gasteiger partial charge on any atom is 0.306 e. The Kier molecular flexibility index (Phi) is 36.0. The van der Waals surface area contributed by atoms with Gasteiger partial charge in [0.15, 0.2) is 6.10 Å². The summed E-state index contributed by atoms with van der Waals surface area (Å²) in [7, 11) is 0. The summed E-state index contributed by atoms with van der Waals surface area (Å²) < 4.78 is 16.7. The molecule has 0 heterocycles. The van der Waals surface area contributed by atoms with Gasteiger partial charge in [-0.05, 0) is 31.1 Å². The van der Waals surface area contributed by atoms with Crippen LogP contribution in [0.25, 0.3) is 0 Å². The first-order valence-corrected chi connectivity index (χ1v) is 21.8. The van der Waals surface area contributed by atoms with E-state index in [-0.39, 0.29) is 31.1 Å². The highest BCUT2D eigenvalue weighted by atomic mass is 16.6. The van der Waals surface area contributed by atoms with Gasteiger partial charge in [0.05, 0.1) is 0 Å². The topological polar surface area (TPSA) is 78.9 Å². The van der Waals surface area contributed by atoms with Gasteiger partial charge < -0.3 is 14.2 Å². The second kappa shape index (κ2) is 37.2. The molecule has 0 aliphatic carbocycles. The zero-order valence-corrected chi connectivity index (χ0v) is 34.0. The fourth-order valence-electron chi connectivity index (χ4n) is 6.37. The average molecular weight is 709 g/mol. The summed E-state index contributed by atoms with van der Waals surface area (Å²) in [6.45, 7) is 11.2. The van der Waals surface area contributed by atoms with Gasteiger partial charge in [0.1, 0.15) is 13.2 Å². The number of hydrogen-bond acceptors (Lipinski definition) is 6. The average Bonchev–Trinajstić information content (AvgIpc) is 3.09. The smallest absolute Gasteiger partial charge is 0.306 e. The van der Waals surface area contributed by atoms with Crippen molar-refractivity contribution >= 4 is 17.9 Å². The predicted octanol–water partition coefficient (Wildman–Crippen LogP) is 13.4. The standard InChI is InChI=1S/C44H84O6/c1-6-8-9-10-11-12-13-14-15-16-17-24-29-34-42(45)48-37-41(38-49-43(46)35-30-25-20-18-22-27-32-39(3)4)50-44(47)36-31-26-21-19-23-28-33-40(5)7-2/h39-41H,6-38H2,1-5H3/t40?,41-/m1/s1. The van der Waals surface area contributed by atoms with Crippen LogP contribution in [-0.4, -0.2) is 37.2 Å². The summed E-state index contributed by atoms with van der Waals surface area (Å²) in [6, 6.07) is 0. The normalized spacial score (nSPS) is 12.6. The molecule has 50 heavy (non-hydrogen) atoms. The van der Waals surface area contributed by atoms with E-state index >= 15 is 0 Å². The van der Waals surface area contributed by atoms with Crippen LogP contribution in [0.2, 0.25) is 0 Å². The van der Waals surface area contributed by atoms with Crippen LogP contribution in [0.3, 0.4) is 0 Å². The number of unbranched alkanes of at least 4 members (excludes halogenated alkanes) is 22. The lowest BCUT2D eigenvalue weighted by Crippen LogP contribution is -2.30. The van der Waals surface area contributed by atoms with Crippen LogP contribution < -0.4 is 0 Å². The molecular weight excluding hydrogens is 624 g/mol. The highest BCUT2D eigenvalue weighted by Gasteiger charge is 2.19. The van der Waals surface area contributed by atoms with Crippen molar-refractivity contribution in [2.24, 2.45) is 11.8 Å². The van der Waals surface area contributed by atoms with Crippen molar-refractivity contribution < 1.29 is 28.6 Å². The molecule has 0 rings (SSSR count). The van der Waals surface area contributed by atoms with E-state index in [1.165, 1.54) is 122 Å². The predicted molar refractivity (Wildman–Crippen MR) is 210 cm³/mol. The minimum atomic E-state index is -0.761. The van der Waals surface area contributed by atoms with Crippen molar-refractivity contribution in [1.29, 1.82) is 0 Å². The Hall–Kier alpha value is -1.59. The van der Waals surface area contributed by atoms with Gasteiger partial charge >= 0.3 is 17.9 Å². The zero-order valence-electron chi connectivity index (χ0n) is 34.0. The van der Waals surface area contributed by atoms with E-state index in [1.807, 2.05) is 0 Å². The zero-order chi connectivity index (χ0) is 36.9. The van der Waals surface area contributed by atoms with Gasteiger partial charge in [-0.3, -0.25) is 14.4 Å². The molecule has 0 aliphatic rings. The monoisotopic (exact) mass is 709 g/mol. The largest absolute Gasteiger partial charge is 0.462 e. The summed E-state index contributed by atoms with van der Waals surface area (Å²) in [4.78, 5) is 37.6. The minimum absolute atomic E-state index is 0.0666. The first-order valence-electron chi connectivity index (χ1n) is 21.8. The van der Waals surface area contributed by atoms with Crippen LogP contribution in [0.15, 0.2) is 0 Å². The molecule has 0 saturated heterocycles. The van der Waals surface area contributed by atoms with Crippen LogP contribution >= 0.6 is 0 Å². The molecule has 2 atom stereocenters. The quantitative estimate of drug-likeness (QED) is 0.0361. The van der Waals surface area contributed by atoms with Crippen molar-refractivity contribution in [2.75, 3.05) is 13.2 Å². The van der Waals surface area contributed by atoms with Crippen LogP contribution in [-0.2, 0) is 28.6 Å². The molecule has 0 radical (unpaired) electrons. The highest BCUT2D eigenvalue weighted by molar-refractivity contribution is 5.71. The lowest BCUT2D eigenvalue weighted by atomic mass is 10.00. The molecule has 0 aromatic carbocycles. The van der Waals surface area contributed by atoms with E-state index in [4.69, 9.17) is 14.2 Å². The van der Waals surface area contributed by atoms with Gasteiger partial charge in [-0.15, -0.1) is 0 Å². The summed E-state index contributed by atoms with van der Waals surface area (Å²) in [5.41, 5.74) is 0. The van der Waals surface area contributed by atoms with Gasteiger partial charge in [0.2, 0.25) is 0 Å². The molecule has 0 aromatic rings. The van der Waals surface area contributed by atoms with Gasteiger partial charge in [0, 0.05) is 19.3 Å². The van der Waals surface area contributed by atoms with Crippen molar-refractivity contribution in [3.63, 3.8) is 0 Å². The summed E-state index contributed by atoms with van der Waals surface area (Å²) in [6.07, 6.45) is 33.9. The Labute approximate surface area is 310 Å². The molecule has 1 unspecified atom stereocenters. The van der Waals surface area contributed by atoms with E-state index in [1.54, 1.807) is 0 Å². The first-order chi connectivity index (χ1) is 24.3. The van der Waals surface area contributed by atoms with Crippen molar-refractivity contribution in [3.05, 3.63) is 0 Å². The number of carbonyl (C=O) groups is 3. The molecule has 0 bridgehead atoms. The molecular formula is C44H84O6. The third kappa shape index (κ3) is 36.2. The Morgan fingerprint density at radius 1 is 0.420 bits per heavy atom. The fraction of sp³-hybridized carbons (Fsp3) is 0.932.